The molecular formula is C7H8Cl2N2. The monoisotopic (exact) mass is 190 g/mol. The van der Waals surface area contributed by atoms with E-state index < -0.39 is 0 Å². The van der Waals surface area contributed by atoms with Gasteiger partial charge < -0.3 is 5.73 Å². The molecule has 1 aliphatic rings. The summed E-state index contributed by atoms with van der Waals surface area (Å²) in [7, 11) is 0. The molecule has 0 aromatic rings. The second kappa shape index (κ2) is 3.79. The van der Waals surface area contributed by atoms with Crippen LogP contribution < -0.4 is 5.73 Å². The van der Waals surface area contributed by atoms with Crippen LogP contribution in [0.1, 0.15) is 12.8 Å². The second-order valence-electron chi connectivity index (χ2n) is 2.16. The second-order valence-corrected chi connectivity index (χ2v) is 2.98. The van der Waals surface area contributed by atoms with Crippen LogP contribution >= 0.6 is 23.2 Å². The maximum atomic E-state index is 5.79. The van der Waals surface area contributed by atoms with Gasteiger partial charge in [0.05, 0.1) is 5.70 Å². The molecular weight excluding hydrogens is 183 g/mol. The summed E-state index contributed by atoms with van der Waals surface area (Å²) in [5, 5.41) is 0.856. The van der Waals surface area contributed by atoms with Crippen LogP contribution in [0.15, 0.2) is 28.0 Å². The number of hydrogen-bond donors (Lipinski definition) is 1. The Bertz CT molecular complexity index is 241. The van der Waals surface area contributed by atoms with E-state index in [9.17, 15) is 0 Å². The molecule has 0 radical (unpaired) electrons. The van der Waals surface area contributed by atoms with E-state index in [1.807, 2.05) is 6.08 Å². The van der Waals surface area contributed by atoms with E-state index in [-0.39, 0.29) is 5.17 Å². The predicted molar refractivity (Wildman–Crippen MR) is 48.7 cm³/mol. The maximum absolute atomic E-state index is 5.79. The van der Waals surface area contributed by atoms with E-state index in [1.54, 1.807) is 6.20 Å². The summed E-state index contributed by atoms with van der Waals surface area (Å²) in [5.74, 6) is 0. The number of halogens is 2. The van der Waals surface area contributed by atoms with Gasteiger partial charge in [0.25, 0.3) is 0 Å². The first-order valence-corrected chi connectivity index (χ1v) is 4.00. The third-order valence-corrected chi connectivity index (χ3v) is 2.03. The van der Waals surface area contributed by atoms with Crippen LogP contribution in [-0.4, -0.2) is 5.17 Å². The van der Waals surface area contributed by atoms with Gasteiger partial charge in [-0.15, -0.1) is 0 Å². The van der Waals surface area contributed by atoms with Crippen molar-refractivity contribution in [3.8, 4) is 0 Å². The van der Waals surface area contributed by atoms with Crippen molar-refractivity contribution < 1.29 is 0 Å². The summed E-state index contributed by atoms with van der Waals surface area (Å²) in [6.07, 6.45) is 5.12. The lowest BCUT2D eigenvalue weighted by molar-refractivity contribution is 1.01. The summed E-state index contributed by atoms with van der Waals surface area (Å²) in [6, 6.07) is 0. The third-order valence-electron chi connectivity index (χ3n) is 1.34. The van der Waals surface area contributed by atoms with Gasteiger partial charge in [0.15, 0.2) is 5.17 Å². The van der Waals surface area contributed by atoms with Crippen LogP contribution in [0.2, 0.25) is 0 Å². The molecule has 2 N–H and O–H groups in total. The van der Waals surface area contributed by atoms with Crippen LogP contribution in [-0.2, 0) is 0 Å². The molecule has 0 aliphatic carbocycles. The zero-order valence-electron chi connectivity index (χ0n) is 5.85. The Labute approximate surface area is 75.4 Å². The molecule has 11 heavy (non-hydrogen) atoms. The van der Waals surface area contributed by atoms with Crippen LogP contribution in [0.25, 0.3) is 0 Å². The highest BCUT2D eigenvalue weighted by atomic mass is 35.5. The van der Waals surface area contributed by atoms with Crippen molar-refractivity contribution >= 4 is 28.4 Å². The van der Waals surface area contributed by atoms with Crippen molar-refractivity contribution in [1.29, 1.82) is 0 Å². The fourth-order valence-corrected chi connectivity index (χ4v) is 1.14. The van der Waals surface area contributed by atoms with Crippen molar-refractivity contribution in [3.63, 3.8) is 0 Å². The molecule has 0 atom stereocenters. The third kappa shape index (κ3) is 2.24. The lowest BCUT2D eigenvalue weighted by Crippen LogP contribution is -2.08. The molecule has 1 aliphatic heterocycles. The SMILES string of the molecule is NC1=C(Cl)CCC=CN=C1Cl. The first-order valence-electron chi connectivity index (χ1n) is 3.24. The van der Waals surface area contributed by atoms with Crippen molar-refractivity contribution in [2.24, 2.45) is 10.7 Å². The predicted octanol–water partition coefficient (Wildman–Crippen LogP) is 2.34. The molecule has 0 spiro atoms. The minimum atomic E-state index is 0.269. The number of rotatable bonds is 0. The first kappa shape index (κ1) is 8.62. The average Bonchev–Trinajstić information content (AvgIpc) is 2.00. The van der Waals surface area contributed by atoms with Gasteiger partial charge in [-0.05, 0) is 12.8 Å². The maximum Gasteiger partial charge on any atom is 0.153 e. The van der Waals surface area contributed by atoms with Crippen LogP contribution in [0.4, 0.5) is 0 Å². The van der Waals surface area contributed by atoms with Crippen molar-refractivity contribution in [2.45, 2.75) is 12.8 Å². The quantitative estimate of drug-likeness (QED) is 0.626. The van der Waals surface area contributed by atoms with Gasteiger partial charge in [-0.25, -0.2) is 4.99 Å². The molecule has 60 valence electrons. The van der Waals surface area contributed by atoms with E-state index >= 15 is 0 Å². The molecule has 0 saturated carbocycles. The minimum Gasteiger partial charge on any atom is -0.395 e. The van der Waals surface area contributed by atoms with E-state index in [2.05, 4.69) is 4.99 Å². The molecule has 2 nitrogen and oxygen atoms in total. The topological polar surface area (TPSA) is 38.4 Å². The van der Waals surface area contributed by atoms with Gasteiger partial charge in [0.2, 0.25) is 0 Å². The van der Waals surface area contributed by atoms with E-state index in [4.69, 9.17) is 28.9 Å². The Morgan fingerprint density at radius 1 is 1.45 bits per heavy atom. The van der Waals surface area contributed by atoms with Gasteiger partial charge in [-0.1, -0.05) is 29.3 Å². The zero-order valence-corrected chi connectivity index (χ0v) is 7.36. The van der Waals surface area contributed by atoms with Crippen molar-refractivity contribution in [1.82, 2.24) is 0 Å². The summed E-state index contributed by atoms with van der Waals surface area (Å²) in [5.41, 5.74) is 5.93. The molecule has 1 heterocycles. The Morgan fingerprint density at radius 3 is 2.91 bits per heavy atom. The molecule has 0 amide bonds. The molecule has 0 bridgehead atoms. The standard InChI is InChI=1S/C7H8Cl2N2/c8-5-3-1-2-4-11-7(9)6(5)10/h2,4H,1,3,10H2. The van der Waals surface area contributed by atoms with E-state index in [1.165, 1.54) is 0 Å². The van der Waals surface area contributed by atoms with E-state index in [0.29, 0.717) is 10.7 Å². The van der Waals surface area contributed by atoms with Crippen LogP contribution in [0, 0.1) is 0 Å². The Hall–Kier alpha value is -0.470. The van der Waals surface area contributed by atoms with Gasteiger partial charge >= 0.3 is 0 Å². The highest BCUT2D eigenvalue weighted by molar-refractivity contribution is 6.70. The number of allylic oxidation sites excluding steroid dienone is 3. The Morgan fingerprint density at radius 2 is 2.18 bits per heavy atom. The Kier molecular flexibility index (Phi) is 2.97. The summed E-state index contributed by atoms with van der Waals surface area (Å²) >= 11 is 11.5. The van der Waals surface area contributed by atoms with Crippen molar-refractivity contribution in [3.05, 3.63) is 23.0 Å². The van der Waals surface area contributed by atoms with Crippen LogP contribution in [0.5, 0.6) is 0 Å². The first-order chi connectivity index (χ1) is 5.22. The smallest absolute Gasteiger partial charge is 0.153 e. The zero-order chi connectivity index (χ0) is 8.27. The number of nitrogens with two attached hydrogens (primary N) is 1. The normalized spacial score (nSPS) is 19.3. The van der Waals surface area contributed by atoms with Crippen molar-refractivity contribution in [2.75, 3.05) is 0 Å². The number of nitrogens with zero attached hydrogens (tertiary/aromatic N) is 1. The van der Waals surface area contributed by atoms with Gasteiger partial charge in [0.1, 0.15) is 0 Å². The largest absolute Gasteiger partial charge is 0.395 e. The summed E-state index contributed by atoms with van der Waals surface area (Å²) in [6.45, 7) is 0. The van der Waals surface area contributed by atoms with E-state index in [0.717, 1.165) is 12.8 Å². The number of aliphatic imine (C=N–C) groups is 1. The van der Waals surface area contributed by atoms with Crippen LogP contribution in [0.3, 0.4) is 0 Å². The van der Waals surface area contributed by atoms with Gasteiger partial charge in [-0.3, -0.25) is 0 Å². The molecule has 0 aromatic carbocycles. The highest BCUT2D eigenvalue weighted by Gasteiger charge is 2.05. The van der Waals surface area contributed by atoms with Gasteiger partial charge in [0, 0.05) is 11.2 Å². The van der Waals surface area contributed by atoms with Gasteiger partial charge in [-0.2, -0.15) is 0 Å². The summed E-state index contributed by atoms with van der Waals surface area (Å²) < 4.78 is 0. The lowest BCUT2D eigenvalue weighted by Gasteiger charge is -2.03. The molecule has 0 aromatic heterocycles. The fraction of sp³-hybridized carbons (Fsp3) is 0.286. The number of hydrogen-bond acceptors (Lipinski definition) is 2. The average molecular weight is 191 g/mol. The fourth-order valence-electron chi connectivity index (χ4n) is 0.719. The highest BCUT2D eigenvalue weighted by Crippen LogP contribution is 2.17. The Balaban J connectivity index is 2.95. The lowest BCUT2D eigenvalue weighted by atomic mass is 10.2. The molecule has 0 fully saturated rings. The molecule has 0 unspecified atom stereocenters. The summed E-state index contributed by atoms with van der Waals surface area (Å²) in [4.78, 5) is 3.85. The molecule has 0 saturated heterocycles. The minimum absolute atomic E-state index is 0.269. The molecule has 4 heteroatoms. The molecule has 1 rings (SSSR count).